The summed E-state index contributed by atoms with van der Waals surface area (Å²) in [6, 6.07) is -0.376. The SMILES string of the molecule is CC(C)[C@H]1CCNC[C@H]1[N+](=O)[O-]. The number of nitro groups is 1. The van der Waals surface area contributed by atoms with E-state index in [1.54, 1.807) is 0 Å². The third-order valence-electron chi connectivity index (χ3n) is 2.63. The van der Waals surface area contributed by atoms with Gasteiger partial charge in [0.15, 0.2) is 0 Å². The van der Waals surface area contributed by atoms with Crippen LogP contribution in [0.5, 0.6) is 0 Å². The normalized spacial score (nSPS) is 30.6. The Labute approximate surface area is 72.5 Å². The van der Waals surface area contributed by atoms with Gasteiger partial charge in [-0.25, -0.2) is 0 Å². The molecule has 2 atom stereocenters. The Morgan fingerprint density at radius 1 is 1.58 bits per heavy atom. The molecule has 0 amide bonds. The van der Waals surface area contributed by atoms with Gasteiger partial charge in [0.25, 0.3) is 0 Å². The van der Waals surface area contributed by atoms with Crippen molar-refractivity contribution < 1.29 is 4.92 Å². The average molecular weight is 172 g/mol. The minimum atomic E-state index is -0.376. The molecule has 0 spiro atoms. The molecular formula is C8H16N2O2. The second-order valence-electron chi connectivity index (χ2n) is 3.75. The molecule has 4 nitrogen and oxygen atoms in total. The summed E-state index contributed by atoms with van der Waals surface area (Å²) in [6.07, 6.45) is 0.934. The van der Waals surface area contributed by atoms with Gasteiger partial charge in [0.1, 0.15) is 0 Å². The molecule has 0 unspecified atom stereocenters. The Morgan fingerprint density at radius 2 is 2.25 bits per heavy atom. The fourth-order valence-corrected chi connectivity index (χ4v) is 1.87. The Kier molecular flexibility index (Phi) is 3.03. The summed E-state index contributed by atoms with van der Waals surface area (Å²) in [5, 5.41) is 13.7. The number of hydrogen-bond acceptors (Lipinski definition) is 3. The van der Waals surface area contributed by atoms with Gasteiger partial charge in [-0.05, 0) is 18.9 Å². The summed E-state index contributed by atoms with van der Waals surface area (Å²) in [6.45, 7) is 5.59. The van der Waals surface area contributed by atoms with Crippen LogP contribution < -0.4 is 5.32 Å². The zero-order valence-electron chi connectivity index (χ0n) is 7.62. The average Bonchev–Trinajstić information content (AvgIpc) is 2.04. The maximum absolute atomic E-state index is 10.6. The Balaban J connectivity index is 2.60. The Bertz CT molecular complexity index is 170. The van der Waals surface area contributed by atoms with Crippen LogP contribution in [0.1, 0.15) is 20.3 Å². The van der Waals surface area contributed by atoms with Crippen molar-refractivity contribution in [1.82, 2.24) is 5.32 Å². The van der Waals surface area contributed by atoms with E-state index in [0.29, 0.717) is 12.5 Å². The first-order chi connectivity index (χ1) is 5.63. The lowest BCUT2D eigenvalue weighted by molar-refractivity contribution is -0.534. The molecule has 1 aliphatic heterocycles. The molecule has 0 aliphatic carbocycles. The maximum atomic E-state index is 10.6. The molecule has 1 saturated heterocycles. The summed E-state index contributed by atoms with van der Waals surface area (Å²) in [5.41, 5.74) is 0. The van der Waals surface area contributed by atoms with Crippen LogP contribution in [0.3, 0.4) is 0 Å². The predicted molar refractivity (Wildman–Crippen MR) is 46.6 cm³/mol. The van der Waals surface area contributed by atoms with Crippen molar-refractivity contribution in [2.45, 2.75) is 26.3 Å². The van der Waals surface area contributed by atoms with Crippen molar-refractivity contribution in [2.24, 2.45) is 11.8 Å². The van der Waals surface area contributed by atoms with Gasteiger partial charge in [-0.15, -0.1) is 0 Å². The fraction of sp³-hybridized carbons (Fsp3) is 1.00. The minimum Gasteiger partial charge on any atom is -0.310 e. The zero-order chi connectivity index (χ0) is 9.14. The molecule has 1 N–H and O–H groups in total. The number of rotatable bonds is 2. The molecule has 12 heavy (non-hydrogen) atoms. The third kappa shape index (κ3) is 1.94. The lowest BCUT2D eigenvalue weighted by Gasteiger charge is -2.28. The molecule has 0 aromatic heterocycles. The molecular weight excluding hydrogens is 156 g/mol. The largest absolute Gasteiger partial charge is 0.310 e. The van der Waals surface area contributed by atoms with E-state index in [2.05, 4.69) is 19.2 Å². The van der Waals surface area contributed by atoms with Gasteiger partial charge in [0.05, 0.1) is 6.54 Å². The molecule has 0 aromatic rings. The third-order valence-corrected chi connectivity index (χ3v) is 2.63. The van der Waals surface area contributed by atoms with Crippen LogP contribution in [-0.4, -0.2) is 24.1 Å². The van der Waals surface area contributed by atoms with Crippen molar-refractivity contribution in [3.8, 4) is 0 Å². The van der Waals surface area contributed by atoms with E-state index in [9.17, 15) is 10.1 Å². The second kappa shape index (κ2) is 3.85. The highest BCUT2D eigenvalue weighted by atomic mass is 16.6. The highest BCUT2D eigenvalue weighted by molar-refractivity contribution is 4.79. The molecule has 0 saturated carbocycles. The summed E-state index contributed by atoms with van der Waals surface area (Å²) in [4.78, 5) is 10.5. The van der Waals surface area contributed by atoms with Crippen LogP contribution >= 0.6 is 0 Å². The second-order valence-corrected chi connectivity index (χ2v) is 3.75. The summed E-state index contributed by atoms with van der Waals surface area (Å²) in [7, 11) is 0. The zero-order valence-corrected chi connectivity index (χ0v) is 7.62. The summed E-state index contributed by atoms with van der Waals surface area (Å²) < 4.78 is 0. The number of nitrogens with one attached hydrogen (secondary N) is 1. The molecule has 0 bridgehead atoms. The molecule has 1 fully saturated rings. The molecule has 1 aliphatic rings. The van der Waals surface area contributed by atoms with Crippen molar-refractivity contribution in [3.05, 3.63) is 10.1 Å². The molecule has 70 valence electrons. The molecule has 1 rings (SSSR count). The maximum Gasteiger partial charge on any atom is 0.228 e. The highest BCUT2D eigenvalue weighted by Gasteiger charge is 2.35. The predicted octanol–water partition coefficient (Wildman–Crippen LogP) is 0.897. The van der Waals surface area contributed by atoms with E-state index >= 15 is 0 Å². The van der Waals surface area contributed by atoms with E-state index in [1.807, 2.05) is 0 Å². The standard InChI is InChI=1S/C8H16N2O2/c1-6(2)7-3-4-9-5-8(7)10(11)12/h6-9H,3-5H2,1-2H3/t7-,8-/m1/s1. The van der Waals surface area contributed by atoms with Crippen LogP contribution in [0.4, 0.5) is 0 Å². The van der Waals surface area contributed by atoms with Crippen molar-refractivity contribution in [3.63, 3.8) is 0 Å². The van der Waals surface area contributed by atoms with E-state index in [1.165, 1.54) is 0 Å². The van der Waals surface area contributed by atoms with Crippen LogP contribution in [0.2, 0.25) is 0 Å². The van der Waals surface area contributed by atoms with Crippen LogP contribution in [0, 0.1) is 22.0 Å². The smallest absolute Gasteiger partial charge is 0.228 e. The van der Waals surface area contributed by atoms with Crippen molar-refractivity contribution in [2.75, 3.05) is 13.1 Å². The number of hydrogen-bond donors (Lipinski definition) is 1. The monoisotopic (exact) mass is 172 g/mol. The Morgan fingerprint density at radius 3 is 2.67 bits per heavy atom. The van der Waals surface area contributed by atoms with Crippen LogP contribution in [-0.2, 0) is 0 Å². The first-order valence-corrected chi connectivity index (χ1v) is 4.47. The molecule has 1 heterocycles. The summed E-state index contributed by atoms with van der Waals surface area (Å²) >= 11 is 0. The van der Waals surface area contributed by atoms with E-state index in [0.717, 1.165) is 13.0 Å². The molecule has 4 heteroatoms. The van der Waals surface area contributed by atoms with Gasteiger partial charge in [0, 0.05) is 10.8 Å². The van der Waals surface area contributed by atoms with E-state index < -0.39 is 0 Å². The van der Waals surface area contributed by atoms with Crippen molar-refractivity contribution >= 4 is 0 Å². The van der Waals surface area contributed by atoms with Gasteiger partial charge in [-0.2, -0.15) is 0 Å². The van der Waals surface area contributed by atoms with Crippen LogP contribution in [0.15, 0.2) is 0 Å². The van der Waals surface area contributed by atoms with E-state index in [-0.39, 0.29) is 16.9 Å². The first kappa shape index (κ1) is 9.45. The van der Waals surface area contributed by atoms with Gasteiger partial charge >= 0.3 is 0 Å². The topological polar surface area (TPSA) is 55.2 Å². The lowest BCUT2D eigenvalue weighted by Crippen LogP contribution is -2.46. The number of nitrogens with zero attached hydrogens (tertiary/aromatic N) is 1. The highest BCUT2D eigenvalue weighted by Crippen LogP contribution is 2.23. The van der Waals surface area contributed by atoms with Crippen LogP contribution in [0.25, 0.3) is 0 Å². The van der Waals surface area contributed by atoms with Gasteiger partial charge < -0.3 is 5.32 Å². The first-order valence-electron chi connectivity index (χ1n) is 4.47. The van der Waals surface area contributed by atoms with Gasteiger partial charge in [-0.3, -0.25) is 10.1 Å². The Hall–Kier alpha value is -0.640. The molecule has 0 aromatic carbocycles. The fourth-order valence-electron chi connectivity index (χ4n) is 1.87. The van der Waals surface area contributed by atoms with Crippen molar-refractivity contribution in [1.29, 1.82) is 0 Å². The number of piperidine rings is 1. The van der Waals surface area contributed by atoms with Gasteiger partial charge in [0.2, 0.25) is 6.04 Å². The van der Waals surface area contributed by atoms with Gasteiger partial charge in [-0.1, -0.05) is 13.8 Å². The quantitative estimate of drug-likeness (QED) is 0.497. The van der Waals surface area contributed by atoms with E-state index in [4.69, 9.17) is 0 Å². The minimum absolute atomic E-state index is 0.142. The lowest BCUT2D eigenvalue weighted by atomic mass is 9.84. The molecule has 0 radical (unpaired) electrons. The summed E-state index contributed by atoms with van der Waals surface area (Å²) in [5.74, 6) is 0.670.